The molecule has 2 aromatic rings. The standard InChI is InChI=1S/C15H18N2O3S/c1-10(8-9-21-2)17-14(19)12(13(18)16-15(17)20)11-6-4-3-5-7-11/h3-7,10,19H,8-9H2,1-2H3,(H,16,18,20). The molecule has 0 bridgehead atoms. The molecule has 0 aliphatic heterocycles. The number of hydrogen-bond acceptors (Lipinski definition) is 4. The van der Waals surface area contributed by atoms with E-state index in [9.17, 15) is 14.7 Å². The molecule has 6 heteroatoms. The number of rotatable bonds is 5. The first-order chi connectivity index (χ1) is 10.1. The number of H-pyrrole nitrogens is 1. The van der Waals surface area contributed by atoms with E-state index in [0.29, 0.717) is 5.56 Å². The minimum absolute atomic E-state index is 0.131. The molecule has 2 N–H and O–H groups in total. The highest BCUT2D eigenvalue weighted by Gasteiger charge is 2.19. The molecule has 0 aliphatic carbocycles. The Kier molecular flexibility index (Phi) is 4.90. The van der Waals surface area contributed by atoms with Crippen molar-refractivity contribution in [3.8, 4) is 17.0 Å². The van der Waals surface area contributed by atoms with E-state index in [2.05, 4.69) is 4.98 Å². The van der Waals surface area contributed by atoms with Crippen molar-refractivity contribution in [2.45, 2.75) is 19.4 Å². The van der Waals surface area contributed by atoms with Crippen LogP contribution in [0.25, 0.3) is 11.1 Å². The Labute approximate surface area is 126 Å². The Bertz CT molecular complexity index is 722. The summed E-state index contributed by atoms with van der Waals surface area (Å²) in [4.78, 5) is 26.3. The van der Waals surface area contributed by atoms with Crippen LogP contribution in [0.5, 0.6) is 5.88 Å². The number of hydrogen-bond donors (Lipinski definition) is 2. The van der Waals surface area contributed by atoms with Crippen LogP contribution in [0.4, 0.5) is 0 Å². The van der Waals surface area contributed by atoms with Crippen molar-refractivity contribution in [2.75, 3.05) is 12.0 Å². The van der Waals surface area contributed by atoms with Crippen LogP contribution in [0.3, 0.4) is 0 Å². The molecule has 0 fully saturated rings. The second-order valence-corrected chi connectivity index (χ2v) is 5.81. The Hall–Kier alpha value is -1.95. The number of aromatic hydroxyl groups is 1. The first-order valence-corrected chi connectivity index (χ1v) is 8.07. The van der Waals surface area contributed by atoms with Gasteiger partial charge >= 0.3 is 5.69 Å². The van der Waals surface area contributed by atoms with E-state index in [0.717, 1.165) is 12.2 Å². The summed E-state index contributed by atoms with van der Waals surface area (Å²) in [6, 6.07) is 8.65. The first kappa shape index (κ1) is 15.4. The Balaban J connectivity index is 2.59. The highest BCUT2D eigenvalue weighted by Crippen LogP contribution is 2.26. The predicted molar refractivity (Wildman–Crippen MR) is 86.1 cm³/mol. The van der Waals surface area contributed by atoms with E-state index in [1.54, 1.807) is 36.0 Å². The van der Waals surface area contributed by atoms with Gasteiger partial charge in [0.15, 0.2) is 0 Å². The van der Waals surface area contributed by atoms with Crippen molar-refractivity contribution in [2.24, 2.45) is 0 Å². The molecule has 1 aromatic heterocycles. The van der Waals surface area contributed by atoms with Crippen LogP contribution in [-0.2, 0) is 0 Å². The number of aromatic amines is 1. The van der Waals surface area contributed by atoms with Gasteiger partial charge in [0.1, 0.15) is 5.56 Å². The van der Waals surface area contributed by atoms with Crippen molar-refractivity contribution >= 4 is 11.8 Å². The van der Waals surface area contributed by atoms with Gasteiger partial charge in [0.2, 0.25) is 5.88 Å². The molecule has 21 heavy (non-hydrogen) atoms. The molecule has 0 aliphatic rings. The molecule has 0 radical (unpaired) electrons. The normalized spacial score (nSPS) is 12.3. The van der Waals surface area contributed by atoms with Crippen LogP contribution in [0, 0.1) is 0 Å². The molecule has 0 amide bonds. The third-order valence-electron chi connectivity index (χ3n) is 3.36. The van der Waals surface area contributed by atoms with Crippen LogP contribution < -0.4 is 11.2 Å². The lowest BCUT2D eigenvalue weighted by Crippen LogP contribution is -2.32. The number of thioether (sulfide) groups is 1. The smallest absolute Gasteiger partial charge is 0.331 e. The third kappa shape index (κ3) is 3.21. The molecule has 1 aromatic carbocycles. The van der Waals surface area contributed by atoms with Gasteiger partial charge in [-0.15, -0.1) is 0 Å². The molecular weight excluding hydrogens is 288 g/mol. The Morgan fingerprint density at radius 2 is 1.95 bits per heavy atom. The third-order valence-corrected chi connectivity index (χ3v) is 4.01. The summed E-state index contributed by atoms with van der Waals surface area (Å²) in [6.45, 7) is 1.85. The number of nitrogens with zero attached hydrogens (tertiary/aromatic N) is 1. The van der Waals surface area contributed by atoms with Gasteiger partial charge in [0, 0.05) is 6.04 Å². The molecule has 1 heterocycles. The van der Waals surface area contributed by atoms with Crippen molar-refractivity contribution in [1.82, 2.24) is 9.55 Å². The summed E-state index contributed by atoms with van der Waals surface area (Å²) in [6.07, 6.45) is 2.71. The average Bonchev–Trinajstić information content (AvgIpc) is 2.45. The van der Waals surface area contributed by atoms with Gasteiger partial charge in [0.05, 0.1) is 0 Å². The average molecular weight is 306 g/mol. The zero-order chi connectivity index (χ0) is 15.4. The number of aromatic nitrogens is 2. The fraction of sp³-hybridized carbons (Fsp3) is 0.333. The Morgan fingerprint density at radius 3 is 2.57 bits per heavy atom. The van der Waals surface area contributed by atoms with Crippen molar-refractivity contribution in [3.05, 3.63) is 51.2 Å². The lowest BCUT2D eigenvalue weighted by atomic mass is 10.1. The fourth-order valence-corrected chi connectivity index (χ4v) is 2.81. The van der Waals surface area contributed by atoms with E-state index in [4.69, 9.17) is 0 Å². The second-order valence-electron chi connectivity index (χ2n) is 4.82. The van der Waals surface area contributed by atoms with Gasteiger partial charge in [0.25, 0.3) is 5.56 Å². The van der Waals surface area contributed by atoms with Crippen molar-refractivity contribution in [3.63, 3.8) is 0 Å². The maximum absolute atomic E-state index is 12.0. The van der Waals surface area contributed by atoms with E-state index in [-0.39, 0.29) is 17.5 Å². The lowest BCUT2D eigenvalue weighted by molar-refractivity contribution is 0.370. The fourth-order valence-electron chi connectivity index (χ4n) is 2.23. The predicted octanol–water partition coefficient (Wildman–Crippen LogP) is 2.22. The zero-order valence-electron chi connectivity index (χ0n) is 12.0. The second kappa shape index (κ2) is 6.67. The quantitative estimate of drug-likeness (QED) is 0.888. The summed E-state index contributed by atoms with van der Waals surface area (Å²) in [5, 5.41) is 10.4. The summed E-state index contributed by atoms with van der Waals surface area (Å²) in [5.74, 6) is 0.593. The maximum Gasteiger partial charge on any atom is 0.331 e. The van der Waals surface area contributed by atoms with E-state index in [1.165, 1.54) is 4.57 Å². The Morgan fingerprint density at radius 1 is 1.29 bits per heavy atom. The molecule has 0 saturated carbocycles. The van der Waals surface area contributed by atoms with Crippen LogP contribution in [0.15, 0.2) is 39.9 Å². The van der Waals surface area contributed by atoms with Crippen LogP contribution in [-0.4, -0.2) is 26.7 Å². The molecule has 0 saturated heterocycles. The van der Waals surface area contributed by atoms with Gasteiger partial charge in [-0.05, 0) is 30.9 Å². The largest absolute Gasteiger partial charge is 0.494 e. The van der Waals surface area contributed by atoms with Crippen molar-refractivity contribution in [1.29, 1.82) is 0 Å². The molecule has 5 nitrogen and oxygen atoms in total. The molecular formula is C15H18N2O3S. The van der Waals surface area contributed by atoms with E-state index < -0.39 is 11.2 Å². The number of nitrogens with one attached hydrogen (secondary N) is 1. The highest BCUT2D eigenvalue weighted by molar-refractivity contribution is 7.98. The molecule has 1 unspecified atom stereocenters. The molecule has 112 valence electrons. The van der Waals surface area contributed by atoms with Crippen LogP contribution >= 0.6 is 11.8 Å². The van der Waals surface area contributed by atoms with Gasteiger partial charge < -0.3 is 5.11 Å². The van der Waals surface area contributed by atoms with Gasteiger partial charge in [-0.25, -0.2) is 4.79 Å². The van der Waals surface area contributed by atoms with E-state index >= 15 is 0 Å². The minimum atomic E-state index is -0.578. The minimum Gasteiger partial charge on any atom is -0.494 e. The summed E-state index contributed by atoms with van der Waals surface area (Å²) in [5.41, 5.74) is -0.434. The topological polar surface area (TPSA) is 75.1 Å². The molecule has 0 spiro atoms. The highest BCUT2D eigenvalue weighted by atomic mass is 32.2. The zero-order valence-corrected chi connectivity index (χ0v) is 12.8. The van der Waals surface area contributed by atoms with Crippen LogP contribution in [0.1, 0.15) is 19.4 Å². The monoisotopic (exact) mass is 306 g/mol. The number of benzene rings is 1. The molecule has 1 atom stereocenters. The van der Waals surface area contributed by atoms with Crippen LogP contribution in [0.2, 0.25) is 0 Å². The van der Waals surface area contributed by atoms with Gasteiger partial charge in [-0.1, -0.05) is 30.3 Å². The van der Waals surface area contributed by atoms with Gasteiger partial charge in [-0.2, -0.15) is 11.8 Å². The first-order valence-electron chi connectivity index (χ1n) is 6.68. The lowest BCUT2D eigenvalue weighted by Gasteiger charge is -2.17. The van der Waals surface area contributed by atoms with Gasteiger partial charge in [-0.3, -0.25) is 14.3 Å². The molecule has 2 rings (SSSR count). The summed E-state index contributed by atoms with van der Waals surface area (Å²) >= 11 is 1.67. The maximum atomic E-state index is 12.0. The summed E-state index contributed by atoms with van der Waals surface area (Å²) < 4.78 is 1.25. The SMILES string of the molecule is CSCCC(C)n1c(O)c(-c2ccccc2)c(=O)[nH]c1=O. The summed E-state index contributed by atoms with van der Waals surface area (Å²) in [7, 11) is 0. The van der Waals surface area contributed by atoms with Crippen molar-refractivity contribution < 1.29 is 5.11 Å². The van der Waals surface area contributed by atoms with E-state index in [1.807, 2.05) is 19.2 Å².